The van der Waals surface area contributed by atoms with Crippen LogP contribution in [0.2, 0.25) is 5.02 Å². The summed E-state index contributed by atoms with van der Waals surface area (Å²) in [6.07, 6.45) is 1.66. The zero-order valence-corrected chi connectivity index (χ0v) is 15.4. The Morgan fingerprint density at radius 1 is 1.24 bits per heavy atom. The minimum atomic E-state index is 0.473. The monoisotopic (exact) mass is 371 g/mol. The van der Waals surface area contributed by atoms with E-state index in [-0.39, 0.29) is 0 Å². The van der Waals surface area contributed by atoms with E-state index in [9.17, 15) is 0 Å². The smallest absolute Gasteiger partial charge is 0.160 e. The molecule has 0 atom stereocenters. The fourth-order valence-electron chi connectivity index (χ4n) is 3.04. The van der Waals surface area contributed by atoms with Crippen LogP contribution in [0.15, 0.2) is 35.3 Å². The maximum absolute atomic E-state index is 6.46. The fourth-order valence-corrected chi connectivity index (χ4v) is 4.40. The first-order valence-corrected chi connectivity index (χ1v) is 9.48. The highest BCUT2D eigenvalue weighted by atomic mass is 35.5. The van der Waals surface area contributed by atoms with Gasteiger partial charge in [-0.3, -0.25) is 9.56 Å². The van der Waals surface area contributed by atoms with E-state index in [1.807, 2.05) is 24.3 Å². The molecule has 0 saturated carbocycles. The van der Waals surface area contributed by atoms with Crippen molar-refractivity contribution in [3.8, 4) is 5.00 Å². The van der Waals surface area contributed by atoms with Gasteiger partial charge in [0.05, 0.1) is 5.71 Å². The van der Waals surface area contributed by atoms with Crippen molar-refractivity contribution >= 4 is 28.6 Å². The van der Waals surface area contributed by atoms with Crippen LogP contribution in [0.3, 0.4) is 0 Å². The molecule has 0 saturated heterocycles. The van der Waals surface area contributed by atoms with Gasteiger partial charge in [-0.1, -0.05) is 36.7 Å². The highest BCUT2D eigenvalue weighted by Gasteiger charge is 2.25. The van der Waals surface area contributed by atoms with Gasteiger partial charge in [0.25, 0.3) is 0 Å². The largest absolute Gasteiger partial charge is 0.330 e. The number of aliphatic imine (C=N–C) groups is 1. The second kappa shape index (κ2) is 6.71. The highest BCUT2D eigenvalue weighted by molar-refractivity contribution is 7.15. The predicted octanol–water partition coefficient (Wildman–Crippen LogP) is 3.40. The van der Waals surface area contributed by atoms with E-state index >= 15 is 0 Å². The number of nitrogens with zero attached hydrogens (tertiary/aromatic N) is 4. The molecule has 0 aliphatic carbocycles. The molecule has 4 rings (SSSR count). The Kier molecular flexibility index (Phi) is 4.41. The minimum absolute atomic E-state index is 0.473. The lowest BCUT2D eigenvalue weighted by atomic mass is 10.0. The van der Waals surface area contributed by atoms with Gasteiger partial charge in [0.15, 0.2) is 5.82 Å². The lowest BCUT2D eigenvalue weighted by molar-refractivity contribution is 0.818. The van der Waals surface area contributed by atoms with Gasteiger partial charge in [0.1, 0.15) is 17.4 Å². The minimum Gasteiger partial charge on any atom is -0.330 e. The standard InChI is InChI=1S/C18H18ClN5S/c1-2-11-9-13-17(12-5-3-4-6-14(12)19)21-10-16-23-22-15(7-8-20)24(16)18(13)25-11/h3-6,9H,2,7-8,10,20H2,1H3. The summed E-state index contributed by atoms with van der Waals surface area (Å²) < 4.78 is 2.12. The lowest BCUT2D eigenvalue weighted by Crippen LogP contribution is -2.11. The predicted molar refractivity (Wildman–Crippen MR) is 102 cm³/mol. The average molecular weight is 372 g/mol. The molecule has 25 heavy (non-hydrogen) atoms. The first-order chi connectivity index (χ1) is 12.2. The number of hydrogen-bond donors (Lipinski definition) is 1. The number of aromatic nitrogens is 3. The van der Waals surface area contributed by atoms with E-state index in [1.54, 1.807) is 11.3 Å². The van der Waals surface area contributed by atoms with Crippen LogP contribution in [0.1, 0.15) is 34.6 Å². The van der Waals surface area contributed by atoms with Gasteiger partial charge in [-0.05, 0) is 25.1 Å². The number of rotatable bonds is 4. The second-order valence-electron chi connectivity index (χ2n) is 5.84. The van der Waals surface area contributed by atoms with E-state index < -0.39 is 0 Å². The Bertz CT molecular complexity index is 956. The molecule has 1 aliphatic rings. The van der Waals surface area contributed by atoms with Crippen LogP contribution in [0, 0.1) is 0 Å². The van der Waals surface area contributed by atoms with E-state index in [0.29, 0.717) is 24.5 Å². The Hall–Kier alpha value is -2.02. The van der Waals surface area contributed by atoms with E-state index in [1.165, 1.54) is 4.88 Å². The van der Waals surface area contributed by atoms with E-state index in [4.69, 9.17) is 22.3 Å². The third-order valence-electron chi connectivity index (χ3n) is 4.24. The molecule has 2 aromatic heterocycles. The van der Waals surface area contributed by atoms with Gasteiger partial charge in [-0.25, -0.2) is 0 Å². The molecular weight excluding hydrogens is 354 g/mol. The number of nitrogens with two attached hydrogens (primary N) is 1. The fraction of sp³-hybridized carbons (Fsp3) is 0.278. The molecule has 128 valence electrons. The molecule has 1 aliphatic heterocycles. The lowest BCUT2D eigenvalue weighted by Gasteiger charge is -2.09. The molecular formula is C18H18ClN5S. The summed E-state index contributed by atoms with van der Waals surface area (Å²) in [6.45, 7) is 3.17. The van der Waals surface area contributed by atoms with Crippen LogP contribution in [0.25, 0.3) is 5.00 Å². The number of halogens is 1. The average Bonchev–Trinajstić information content (AvgIpc) is 3.18. The molecule has 0 spiro atoms. The van der Waals surface area contributed by atoms with Crippen LogP contribution in [0.4, 0.5) is 0 Å². The zero-order valence-electron chi connectivity index (χ0n) is 13.9. The van der Waals surface area contributed by atoms with Gasteiger partial charge >= 0.3 is 0 Å². The van der Waals surface area contributed by atoms with Crippen LogP contribution < -0.4 is 5.73 Å². The summed E-state index contributed by atoms with van der Waals surface area (Å²) >= 11 is 8.21. The summed E-state index contributed by atoms with van der Waals surface area (Å²) in [5.41, 5.74) is 8.71. The molecule has 2 N–H and O–H groups in total. The van der Waals surface area contributed by atoms with Gasteiger partial charge < -0.3 is 5.73 Å². The summed E-state index contributed by atoms with van der Waals surface area (Å²) in [6, 6.07) is 10.0. The molecule has 0 radical (unpaired) electrons. The van der Waals surface area contributed by atoms with Crippen molar-refractivity contribution in [3.05, 3.63) is 63.0 Å². The summed E-state index contributed by atoms with van der Waals surface area (Å²) in [5, 5.41) is 10.5. The third-order valence-corrected chi connectivity index (χ3v) is 5.84. The van der Waals surface area contributed by atoms with Crippen LogP contribution in [-0.2, 0) is 19.4 Å². The van der Waals surface area contributed by atoms with Gasteiger partial charge in [-0.2, -0.15) is 0 Å². The van der Waals surface area contributed by atoms with Crippen molar-refractivity contribution in [2.24, 2.45) is 10.7 Å². The van der Waals surface area contributed by atoms with Crippen molar-refractivity contribution in [1.29, 1.82) is 0 Å². The Morgan fingerprint density at radius 3 is 2.84 bits per heavy atom. The number of hydrogen-bond acceptors (Lipinski definition) is 5. The quantitative estimate of drug-likeness (QED) is 0.764. The Morgan fingerprint density at radius 2 is 2.08 bits per heavy atom. The van der Waals surface area contributed by atoms with Gasteiger partial charge in [0.2, 0.25) is 0 Å². The normalized spacial score (nSPS) is 13.2. The van der Waals surface area contributed by atoms with Crippen LogP contribution in [0.5, 0.6) is 0 Å². The topological polar surface area (TPSA) is 69.1 Å². The number of thiophene rings is 1. The van der Waals surface area contributed by atoms with Crippen molar-refractivity contribution in [2.45, 2.75) is 26.3 Å². The summed E-state index contributed by atoms with van der Waals surface area (Å²) in [5.74, 6) is 1.73. The SMILES string of the molecule is CCc1cc2c(s1)-n1c(CCN)nnc1CN=C2c1ccccc1Cl. The van der Waals surface area contributed by atoms with E-state index in [0.717, 1.165) is 39.9 Å². The maximum Gasteiger partial charge on any atom is 0.160 e. The number of benzene rings is 1. The molecule has 0 fully saturated rings. The molecule has 3 aromatic rings. The molecule has 5 nitrogen and oxygen atoms in total. The zero-order chi connectivity index (χ0) is 17.4. The number of aryl methyl sites for hydroxylation is 1. The van der Waals surface area contributed by atoms with Crippen molar-refractivity contribution < 1.29 is 0 Å². The molecule has 0 amide bonds. The first-order valence-electron chi connectivity index (χ1n) is 8.29. The van der Waals surface area contributed by atoms with Crippen LogP contribution in [-0.4, -0.2) is 27.0 Å². The Labute approximate surface area is 155 Å². The van der Waals surface area contributed by atoms with Crippen molar-refractivity contribution in [1.82, 2.24) is 14.8 Å². The Balaban J connectivity index is 1.95. The van der Waals surface area contributed by atoms with Gasteiger partial charge in [-0.15, -0.1) is 21.5 Å². The number of fused-ring (bicyclic) bond motifs is 3. The first kappa shape index (κ1) is 16.4. The molecule has 0 bridgehead atoms. The summed E-state index contributed by atoms with van der Waals surface area (Å²) in [4.78, 5) is 6.14. The molecule has 7 heteroatoms. The summed E-state index contributed by atoms with van der Waals surface area (Å²) in [7, 11) is 0. The van der Waals surface area contributed by atoms with Gasteiger partial charge in [0, 0.05) is 27.4 Å². The molecule has 0 unspecified atom stereocenters. The van der Waals surface area contributed by atoms with Crippen molar-refractivity contribution in [2.75, 3.05) is 6.54 Å². The third kappa shape index (κ3) is 2.80. The van der Waals surface area contributed by atoms with Crippen LogP contribution >= 0.6 is 22.9 Å². The molecule has 3 heterocycles. The van der Waals surface area contributed by atoms with E-state index in [2.05, 4.69) is 27.8 Å². The second-order valence-corrected chi connectivity index (χ2v) is 7.36. The molecule has 1 aromatic carbocycles. The highest BCUT2D eigenvalue weighted by Crippen LogP contribution is 2.34. The maximum atomic E-state index is 6.46. The van der Waals surface area contributed by atoms with Crippen molar-refractivity contribution in [3.63, 3.8) is 0 Å².